The Kier molecular flexibility index (Phi) is 2.13. The van der Waals surface area contributed by atoms with Crippen LogP contribution in [0.4, 0.5) is 5.69 Å². The van der Waals surface area contributed by atoms with E-state index < -0.39 is 0 Å². The van der Waals surface area contributed by atoms with Gasteiger partial charge in [0.2, 0.25) is 0 Å². The number of aromatic nitrogens is 1. The second-order valence-electron chi connectivity index (χ2n) is 4.41. The number of hydrogen-bond donors (Lipinski definition) is 2. The zero-order chi connectivity index (χ0) is 10.1. The minimum atomic E-state index is 0.692. The Bertz CT molecular complexity index is 452. The maximum atomic E-state index is 3.60. The molecule has 1 aromatic carbocycles. The molecule has 0 aliphatic heterocycles. The van der Waals surface area contributed by atoms with Gasteiger partial charge in [-0.3, -0.25) is 0 Å². The van der Waals surface area contributed by atoms with E-state index in [2.05, 4.69) is 34.6 Å². The smallest absolute Gasteiger partial charge is 0.0474 e. The number of anilines is 1. The third kappa shape index (κ3) is 1.72. The first-order valence-corrected chi connectivity index (χ1v) is 5.75. The predicted octanol–water partition coefficient (Wildman–Crippen LogP) is 3.52. The molecular formula is C13H16N2. The Morgan fingerprint density at radius 3 is 2.87 bits per heavy atom. The molecule has 2 nitrogen and oxygen atoms in total. The molecule has 1 saturated carbocycles. The molecule has 0 atom stereocenters. The fraction of sp³-hybridized carbons (Fsp3) is 0.385. The van der Waals surface area contributed by atoms with Gasteiger partial charge in [0.05, 0.1) is 0 Å². The van der Waals surface area contributed by atoms with E-state index in [0.717, 1.165) is 0 Å². The highest BCUT2D eigenvalue weighted by molar-refractivity contribution is 5.82. The molecule has 0 radical (unpaired) electrons. The second kappa shape index (κ2) is 3.61. The molecule has 2 N–H and O–H groups in total. The van der Waals surface area contributed by atoms with Gasteiger partial charge < -0.3 is 10.3 Å². The highest BCUT2D eigenvalue weighted by atomic mass is 14.9. The van der Waals surface area contributed by atoms with Crippen LogP contribution in [0.3, 0.4) is 0 Å². The molecule has 0 unspecified atom stereocenters. The van der Waals surface area contributed by atoms with Crippen LogP contribution in [0.15, 0.2) is 30.5 Å². The molecule has 0 spiro atoms. The number of fused-ring (bicyclic) bond motifs is 1. The lowest BCUT2D eigenvalue weighted by atomic mass is 10.2. The SMILES string of the molecule is c1cc2ccc(NC3CCCC3)cc2[nH]1. The number of hydrogen-bond acceptors (Lipinski definition) is 1. The first-order chi connectivity index (χ1) is 7.42. The topological polar surface area (TPSA) is 27.8 Å². The molecule has 1 aromatic heterocycles. The van der Waals surface area contributed by atoms with Crippen LogP contribution in [0.1, 0.15) is 25.7 Å². The second-order valence-corrected chi connectivity index (χ2v) is 4.41. The van der Waals surface area contributed by atoms with E-state index in [4.69, 9.17) is 0 Å². The van der Waals surface area contributed by atoms with Crippen molar-refractivity contribution in [2.75, 3.05) is 5.32 Å². The van der Waals surface area contributed by atoms with Crippen LogP contribution in [0.5, 0.6) is 0 Å². The van der Waals surface area contributed by atoms with Crippen LogP contribution in [-0.2, 0) is 0 Å². The van der Waals surface area contributed by atoms with Gasteiger partial charge in [0.15, 0.2) is 0 Å². The van der Waals surface area contributed by atoms with Gasteiger partial charge in [-0.2, -0.15) is 0 Å². The van der Waals surface area contributed by atoms with Crippen LogP contribution in [0.2, 0.25) is 0 Å². The highest BCUT2D eigenvalue weighted by Crippen LogP contribution is 2.24. The van der Waals surface area contributed by atoms with E-state index >= 15 is 0 Å². The number of benzene rings is 1. The molecule has 0 amide bonds. The van der Waals surface area contributed by atoms with E-state index in [9.17, 15) is 0 Å². The molecule has 15 heavy (non-hydrogen) atoms. The van der Waals surface area contributed by atoms with Crippen molar-refractivity contribution in [3.8, 4) is 0 Å². The number of rotatable bonds is 2. The van der Waals surface area contributed by atoms with Gasteiger partial charge in [0.1, 0.15) is 0 Å². The van der Waals surface area contributed by atoms with E-state index in [1.807, 2.05) is 6.20 Å². The highest BCUT2D eigenvalue weighted by Gasteiger charge is 2.14. The van der Waals surface area contributed by atoms with Crippen molar-refractivity contribution in [2.45, 2.75) is 31.7 Å². The standard InChI is InChI=1S/C13H16N2/c1-2-4-11(3-1)15-12-6-5-10-7-8-14-13(10)9-12/h5-9,11,14-15H,1-4H2. The fourth-order valence-corrected chi connectivity index (χ4v) is 2.44. The van der Waals surface area contributed by atoms with Crippen molar-refractivity contribution < 1.29 is 0 Å². The van der Waals surface area contributed by atoms with Crippen LogP contribution < -0.4 is 5.32 Å². The van der Waals surface area contributed by atoms with Crippen LogP contribution in [0.25, 0.3) is 10.9 Å². The average Bonchev–Trinajstić information content (AvgIpc) is 2.87. The van der Waals surface area contributed by atoms with Gasteiger partial charge >= 0.3 is 0 Å². The molecule has 1 fully saturated rings. The quantitative estimate of drug-likeness (QED) is 0.762. The Labute approximate surface area is 89.7 Å². The summed E-state index contributed by atoms with van der Waals surface area (Å²) in [5.41, 5.74) is 2.47. The summed E-state index contributed by atoms with van der Waals surface area (Å²) in [4.78, 5) is 3.24. The minimum absolute atomic E-state index is 0.692. The minimum Gasteiger partial charge on any atom is -0.382 e. The molecular weight excluding hydrogens is 184 g/mol. The van der Waals surface area contributed by atoms with E-state index in [1.54, 1.807) is 0 Å². The zero-order valence-corrected chi connectivity index (χ0v) is 8.79. The van der Waals surface area contributed by atoms with Gasteiger partial charge in [-0.15, -0.1) is 0 Å². The van der Waals surface area contributed by atoms with Crippen molar-refractivity contribution in [3.05, 3.63) is 30.5 Å². The largest absolute Gasteiger partial charge is 0.382 e. The predicted molar refractivity (Wildman–Crippen MR) is 64.2 cm³/mol. The van der Waals surface area contributed by atoms with Gasteiger partial charge in [0, 0.05) is 23.4 Å². The Morgan fingerprint density at radius 1 is 1.13 bits per heavy atom. The van der Waals surface area contributed by atoms with Crippen molar-refractivity contribution in [3.63, 3.8) is 0 Å². The van der Waals surface area contributed by atoms with Crippen molar-refractivity contribution >= 4 is 16.6 Å². The summed E-state index contributed by atoms with van der Waals surface area (Å²) in [6.45, 7) is 0. The number of nitrogens with one attached hydrogen (secondary N) is 2. The Balaban J connectivity index is 1.84. The maximum absolute atomic E-state index is 3.60. The van der Waals surface area contributed by atoms with Gasteiger partial charge in [-0.1, -0.05) is 18.9 Å². The average molecular weight is 200 g/mol. The Hall–Kier alpha value is -1.44. The molecule has 0 bridgehead atoms. The molecule has 2 heteroatoms. The number of aromatic amines is 1. The number of H-pyrrole nitrogens is 1. The van der Waals surface area contributed by atoms with Gasteiger partial charge in [-0.05, 0) is 36.4 Å². The first kappa shape index (κ1) is 8.84. The lowest BCUT2D eigenvalue weighted by Crippen LogP contribution is -2.14. The van der Waals surface area contributed by atoms with Crippen LogP contribution in [0, 0.1) is 0 Å². The van der Waals surface area contributed by atoms with Crippen molar-refractivity contribution in [2.24, 2.45) is 0 Å². The lowest BCUT2D eigenvalue weighted by Gasteiger charge is -2.13. The summed E-state index contributed by atoms with van der Waals surface area (Å²) in [6.07, 6.45) is 7.39. The maximum Gasteiger partial charge on any atom is 0.0474 e. The van der Waals surface area contributed by atoms with E-state index in [-0.39, 0.29) is 0 Å². The summed E-state index contributed by atoms with van der Waals surface area (Å²) < 4.78 is 0. The third-order valence-electron chi connectivity index (χ3n) is 3.28. The molecule has 78 valence electrons. The molecule has 3 rings (SSSR count). The summed E-state index contributed by atoms with van der Waals surface area (Å²) in [7, 11) is 0. The third-order valence-corrected chi connectivity index (χ3v) is 3.28. The molecule has 2 aromatic rings. The zero-order valence-electron chi connectivity index (χ0n) is 8.79. The Morgan fingerprint density at radius 2 is 2.00 bits per heavy atom. The van der Waals surface area contributed by atoms with E-state index in [0.29, 0.717) is 6.04 Å². The molecule has 1 aliphatic rings. The van der Waals surface area contributed by atoms with Gasteiger partial charge in [-0.25, -0.2) is 0 Å². The lowest BCUT2D eigenvalue weighted by molar-refractivity contribution is 0.756. The van der Waals surface area contributed by atoms with Crippen molar-refractivity contribution in [1.29, 1.82) is 0 Å². The fourth-order valence-electron chi connectivity index (χ4n) is 2.44. The summed E-state index contributed by atoms with van der Waals surface area (Å²) in [6, 6.07) is 9.34. The monoisotopic (exact) mass is 200 g/mol. The van der Waals surface area contributed by atoms with E-state index in [1.165, 1.54) is 42.3 Å². The molecule has 0 saturated heterocycles. The summed E-state index contributed by atoms with van der Waals surface area (Å²) in [5.74, 6) is 0. The first-order valence-electron chi connectivity index (χ1n) is 5.75. The summed E-state index contributed by atoms with van der Waals surface area (Å²) >= 11 is 0. The normalized spacial score (nSPS) is 17.3. The van der Waals surface area contributed by atoms with Gasteiger partial charge in [0.25, 0.3) is 0 Å². The van der Waals surface area contributed by atoms with Crippen molar-refractivity contribution in [1.82, 2.24) is 4.98 Å². The van der Waals surface area contributed by atoms with Crippen LogP contribution in [-0.4, -0.2) is 11.0 Å². The molecule has 1 aliphatic carbocycles. The van der Waals surface area contributed by atoms with Crippen LogP contribution >= 0.6 is 0 Å². The molecule has 1 heterocycles. The summed E-state index contributed by atoms with van der Waals surface area (Å²) in [5, 5.41) is 4.89.